The molecule has 28 heavy (non-hydrogen) atoms. The Kier molecular flexibility index (Phi) is 5.39. The minimum atomic E-state index is -0.0823. The van der Waals surface area contributed by atoms with Crippen molar-refractivity contribution in [3.63, 3.8) is 0 Å². The van der Waals surface area contributed by atoms with E-state index >= 15 is 0 Å². The largest absolute Gasteiger partial charge is 0.489 e. The number of amides is 1. The van der Waals surface area contributed by atoms with Crippen LogP contribution < -0.4 is 14.8 Å². The van der Waals surface area contributed by atoms with Crippen molar-refractivity contribution in [3.05, 3.63) is 52.8 Å². The van der Waals surface area contributed by atoms with Crippen LogP contribution in [-0.4, -0.2) is 28.7 Å². The lowest BCUT2D eigenvalue weighted by atomic mass is 10.2. The topological polar surface area (TPSA) is 65.4 Å². The smallest absolute Gasteiger partial charge is 0.240 e. The highest BCUT2D eigenvalue weighted by molar-refractivity contribution is 6.32. The van der Waals surface area contributed by atoms with E-state index in [4.69, 9.17) is 21.1 Å². The van der Waals surface area contributed by atoms with E-state index in [1.54, 1.807) is 6.07 Å². The lowest BCUT2D eigenvalue weighted by molar-refractivity contribution is -0.121. The van der Waals surface area contributed by atoms with Gasteiger partial charge in [0.25, 0.3) is 0 Å². The molecule has 1 aliphatic rings. The van der Waals surface area contributed by atoms with E-state index in [2.05, 4.69) is 10.3 Å². The number of carbonyl (C=O) groups excluding carboxylic acids is 1. The minimum Gasteiger partial charge on any atom is -0.489 e. The van der Waals surface area contributed by atoms with Crippen LogP contribution in [0.1, 0.15) is 24.7 Å². The number of para-hydroxylation sites is 2. The van der Waals surface area contributed by atoms with Gasteiger partial charge in [0.15, 0.2) is 11.5 Å². The van der Waals surface area contributed by atoms with E-state index in [0.717, 1.165) is 35.3 Å². The van der Waals surface area contributed by atoms with Crippen molar-refractivity contribution < 1.29 is 14.3 Å². The molecule has 146 valence electrons. The molecule has 0 fully saturated rings. The average Bonchev–Trinajstić information content (AvgIpc) is 2.87. The molecule has 0 aliphatic carbocycles. The maximum Gasteiger partial charge on any atom is 0.240 e. The number of benzene rings is 2. The number of hydrogen-bond acceptors (Lipinski definition) is 4. The summed E-state index contributed by atoms with van der Waals surface area (Å²) in [5.41, 5.74) is 2.74. The van der Waals surface area contributed by atoms with Gasteiger partial charge in [0, 0.05) is 19.4 Å². The van der Waals surface area contributed by atoms with Crippen LogP contribution in [-0.2, 0) is 24.3 Å². The van der Waals surface area contributed by atoms with Gasteiger partial charge < -0.3 is 19.4 Å². The van der Waals surface area contributed by atoms with Crippen LogP contribution in [0.3, 0.4) is 0 Å². The summed E-state index contributed by atoms with van der Waals surface area (Å²) >= 11 is 6.33. The van der Waals surface area contributed by atoms with Gasteiger partial charge in [-0.1, -0.05) is 30.7 Å². The summed E-state index contributed by atoms with van der Waals surface area (Å²) in [4.78, 5) is 17.2. The Morgan fingerprint density at radius 3 is 2.93 bits per heavy atom. The van der Waals surface area contributed by atoms with E-state index < -0.39 is 0 Å². The van der Waals surface area contributed by atoms with Crippen LogP contribution in [0.4, 0.5) is 0 Å². The number of carbonyl (C=O) groups is 1. The molecule has 6 nitrogen and oxygen atoms in total. The van der Waals surface area contributed by atoms with Gasteiger partial charge in [-0.15, -0.1) is 0 Å². The molecule has 7 heteroatoms. The molecule has 0 saturated heterocycles. The fraction of sp³-hybridized carbons (Fsp3) is 0.333. The van der Waals surface area contributed by atoms with Crippen LogP contribution in [0.2, 0.25) is 5.02 Å². The maximum absolute atomic E-state index is 12.6. The predicted molar refractivity (Wildman–Crippen MR) is 108 cm³/mol. The van der Waals surface area contributed by atoms with E-state index in [-0.39, 0.29) is 12.5 Å². The van der Waals surface area contributed by atoms with Crippen molar-refractivity contribution in [2.24, 2.45) is 0 Å². The van der Waals surface area contributed by atoms with Crippen LogP contribution in [0, 0.1) is 0 Å². The molecule has 2 aromatic carbocycles. The second kappa shape index (κ2) is 8.10. The number of imidazole rings is 1. The van der Waals surface area contributed by atoms with Gasteiger partial charge in [-0.25, -0.2) is 4.98 Å². The summed E-state index contributed by atoms with van der Waals surface area (Å²) in [6.07, 6.45) is 1.58. The maximum atomic E-state index is 12.6. The first kappa shape index (κ1) is 18.6. The Balaban J connectivity index is 1.47. The number of ether oxygens (including phenoxy) is 2. The molecule has 0 bridgehead atoms. The number of fused-ring (bicyclic) bond motifs is 2. The van der Waals surface area contributed by atoms with Crippen LogP contribution in [0.15, 0.2) is 36.4 Å². The zero-order valence-electron chi connectivity index (χ0n) is 15.7. The number of nitrogens with one attached hydrogen (secondary N) is 1. The molecule has 0 atom stereocenters. The quantitative estimate of drug-likeness (QED) is 0.710. The van der Waals surface area contributed by atoms with E-state index in [9.17, 15) is 4.79 Å². The molecule has 1 aliphatic heterocycles. The Morgan fingerprint density at radius 2 is 2.07 bits per heavy atom. The van der Waals surface area contributed by atoms with Crippen molar-refractivity contribution in [2.45, 2.75) is 32.9 Å². The number of aromatic nitrogens is 2. The van der Waals surface area contributed by atoms with Gasteiger partial charge in [0.2, 0.25) is 5.91 Å². The fourth-order valence-corrected chi connectivity index (χ4v) is 3.65. The van der Waals surface area contributed by atoms with E-state index in [1.165, 1.54) is 0 Å². The molecule has 0 radical (unpaired) electrons. The lowest BCUT2D eigenvalue weighted by Crippen LogP contribution is -2.27. The standard InChI is InChI=1S/C21H22ClN3O3/c1-2-19-24-16-6-3-4-7-17(16)25(19)13-20(26)23-12-14-10-15(22)21-18(11-14)27-8-5-9-28-21/h3-4,6-7,10-11H,2,5,8-9,12-13H2,1H3,(H,23,26). The van der Waals surface area contributed by atoms with Gasteiger partial charge in [-0.2, -0.15) is 0 Å². The van der Waals surface area contributed by atoms with Crippen molar-refractivity contribution >= 4 is 28.5 Å². The normalized spacial score (nSPS) is 13.4. The first-order valence-electron chi connectivity index (χ1n) is 9.44. The van der Waals surface area contributed by atoms with Crippen LogP contribution in [0.5, 0.6) is 11.5 Å². The van der Waals surface area contributed by atoms with Gasteiger partial charge in [0.05, 0.1) is 29.3 Å². The highest BCUT2D eigenvalue weighted by Crippen LogP contribution is 2.37. The van der Waals surface area contributed by atoms with Crippen molar-refractivity contribution in [3.8, 4) is 11.5 Å². The van der Waals surface area contributed by atoms with Crippen molar-refractivity contribution in [1.82, 2.24) is 14.9 Å². The Labute approximate surface area is 168 Å². The summed E-state index contributed by atoms with van der Waals surface area (Å²) in [5.74, 6) is 2.02. The Bertz CT molecular complexity index is 1020. The third kappa shape index (κ3) is 3.78. The third-order valence-corrected chi connectivity index (χ3v) is 4.98. The Hall–Kier alpha value is -2.73. The first-order chi connectivity index (χ1) is 13.7. The molecule has 1 aromatic heterocycles. The molecular weight excluding hydrogens is 378 g/mol. The number of hydrogen-bond donors (Lipinski definition) is 1. The molecule has 4 rings (SSSR count). The molecule has 1 amide bonds. The number of nitrogens with zero attached hydrogens (tertiary/aromatic N) is 2. The first-order valence-corrected chi connectivity index (χ1v) is 9.82. The molecule has 1 N–H and O–H groups in total. The zero-order valence-corrected chi connectivity index (χ0v) is 16.5. The molecular formula is C21H22ClN3O3. The summed E-state index contributed by atoms with van der Waals surface area (Å²) in [6.45, 7) is 3.80. The van der Waals surface area contributed by atoms with Crippen LogP contribution >= 0.6 is 11.6 Å². The highest BCUT2D eigenvalue weighted by atomic mass is 35.5. The van der Waals surface area contributed by atoms with Crippen molar-refractivity contribution in [2.75, 3.05) is 13.2 Å². The van der Waals surface area contributed by atoms with Crippen LogP contribution in [0.25, 0.3) is 11.0 Å². The van der Waals surface area contributed by atoms with E-state index in [0.29, 0.717) is 36.3 Å². The number of halogens is 1. The molecule has 0 saturated carbocycles. The minimum absolute atomic E-state index is 0.0823. The fourth-order valence-electron chi connectivity index (χ4n) is 3.36. The summed E-state index contributed by atoms with van der Waals surface area (Å²) in [5, 5.41) is 3.46. The molecule has 0 spiro atoms. The summed E-state index contributed by atoms with van der Waals surface area (Å²) < 4.78 is 13.3. The monoisotopic (exact) mass is 399 g/mol. The number of aryl methyl sites for hydroxylation is 1. The van der Waals surface area contributed by atoms with Gasteiger partial charge in [-0.05, 0) is 29.8 Å². The second-order valence-corrected chi connectivity index (χ2v) is 7.10. The molecule has 3 aromatic rings. The van der Waals surface area contributed by atoms with Gasteiger partial charge in [-0.3, -0.25) is 4.79 Å². The van der Waals surface area contributed by atoms with Crippen molar-refractivity contribution in [1.29, 1.82) is 0 Å². The summed E-state index contributed by atoms with van der Waals surface area (Å²) in [7, 11) is 0. The molecule has 0 unspecified atom stereocenters. The molecule has 2 heterocycles. The van der Waals surface area contributed by atoms with E-state index in [1.807, 2.05) is 41.8 Å². The Morgan fingerprint density at radius 1 is 1.25 bits per heavy atom. The zero-order chi connectivity index (χ0) is 19.5. The SMILES string of the molecule is CCc1nc2ccccc2n1CC(=O)NCc1cc(Cl)c2c(c1)OCCCO2. The second-order valence-electron chi connectivity index (χ2n) is 6.69. The summed E-state index contributed by atoms with van der Waals surface area (Å²) in [6, 6.07) is 11.5. The lowest BCUT2D eigenvalue weighted by Gasteiger charge is -2.13. The third-order valence-electron chi connectivity index (χ3n) is 4.70. The predicted octanol–water partition coefficient (Wildman–Crippen LogP) is 3.73. The average molecular weight is 400 g/mol. The van der Waals surface area contributed by atoms with Gasteiger partial charge in [0.1, 0.15) is 12.4 Å². The van der Waals surface area contributed by atoms with Gasteiger partial charge >= 0.3 is 0 Å². The highest BCUT2D eigenvalue weighted by Gasteiger charge is 2.16. The number of rotatable bonds is 5.